The molecule has 9 heavy (non-hydrogen) atoms. The van der Waals surface area contributed by atoms with E-state index in [0.717, 1.165) is 13.2 Å². The lowest BCUT2D eigenvalue weighted by Gasteiger charge is -2.05. The number of nitrogens with one attached hydrogen (secondary N) is 1. The van der Waals surface area contributed by atoms with Crippen LogP contribution in [0.2, 0.25) is 0 Å². The normalized spacial score (nSPS) is 9.67. The van der Waals surface area contributed by atoms with Gasteiger partial charge in [0.2, 0.25) is 0 Å². The van der Waals surface area contributed by atoms with Crippen molar-refractivity contribution in [1.82, 2.24) is 5.32 Å². The lowest BCUT2D eigenvalue weighted by atomic mass is 10.5. The molecule has 0 aromatic carbocycles. The van der Waals surface area contributed by atoms with Crippen molar-refractivity contribution >= 4 is 0 Å². The first-order valence-electron chi connectivity index (χ1n) is 3.23. The predicted molar refractivity (Wildman–Crippen MR) is 39.3 cm³/mol. The second-order valence-corrected chi connectivity index (χ2v) is 2.08. The smallest absolute Gasteiger partial charge is 0.0642 e. The summed E-state index contributed by atoms with van der Waals surface area (Å²) in [6.07, 6.45) is 2.00. The summed E-state index contributed by atoms with van der Waals surface area (Å²) in [4.78, 5) is 0. The quantitative estimate of drug-likeness (QED) is 0.562. The molecule has 0 heterocycles. The van der Waals surface area contributed by atoms with E-state index in [1.54, 1.807) is 6.20 Å². The van der Waals surface area contributed by atoms with Gasteiger partial charge in [-0.3, -0.25) is 0 Å². The fourth-order valence-corrected chi connectivity index (χ4v) is 0.456. The van der Waals surface area contributed by atoms with E-state index in [4.69, 9.17) is 4.74 Å². The second-order valence-electron chi connectivity index (χ2n) is 2.08. The standard InChI is InChI=1S/C7H15NO/c1-4-8-5-6-9-7(2)3/h4,7-8H,1,5-6H2,2-3H3. The predicted octanol–water partition coefficient (Wildman–Crippen LogP) is 1.14. The van der Waals surface area contributed by atoms with Gasteiger partial charge in [-0.25, -0.2) is 0 Å². The van der Waals surface area contributed by atoms with E-state index in [1.165, 1.54) is 0 Å². The molecule has 0 unspecified atom stereocenters. The number of rotatable bonds is 5. The molecule has 2 nitrogen and oxygen atoms in total. The third-order valence-corrected chi connectivity index (χ3v) is 0.842. The van der Waals surface area contributed by atoms with Crippen LogP contribution in [0.4, 0.5) is 0 Å². The molecule has 2 heteroatoms. The molecule has 0 atom stereocenters. The largest absolute Gasteiger partial charge is 0.389 e. The Balaban J connectivity index is 2.82. The summed E-state index contributed by atoms with van der Waals surface area (Å²) in [5.41, 5.74) is 0. The van der Waals surface area contributed by atoms with Gasteiger partial charge in [0.15, 0.2) is 0 Å². The zero-order valence-corrected chi connectivity index (χ0v) is 6.18. The highest BCUT2D eigenvalue weighted by Crippen LogP contribution is 1.84. The molecule has 0 amide bonds. The topological polar surface area (TPSA) is 21.3 Å². The van der Waals surface area contributed by atoms with Crippen LogP contribution in [0.1, 0.15) is 13.8 Å². The molecule has 54 valence electrons. The highest BCUT2D eigenvalue weighted by molar-refractivity contribution is 4.61. The van der Waals surface area contributed by atoms with Crippen molar-refractivity contribution in [2.75, 3.05) is 13.2 Å². The van der Waals surface area contributed by atoms with Crippen LogP contribution in [-0.4, -0.2) is 19.3 Å². The van der Waals surface area contributed by atoms with E-state index in [-0.39, 0.29) is 0 Å². The summed E-state index contributed by atoms with van der Waals surface area (Å²) in [5, 5.41) is 2.94. The molecule has 0 aromatic rings. The Hall–Kier alpha value is -0.500. The van der Waals surface area contributed by atoms with Gasteiger partial charge in [-0.2, -0.15) is 0 Å². The molecule has 0 saturated heterocycles. The summed E-state index contributed by atoms with van der Waals surface area (Å²) in [6.45, 7) is 9.16. The van der Waals surface area contributed by atoms with Crippen molar-refractivity contribution < 1.29 is 4.74 Å². The lowest BCUT2D eigenvalue weighted by molar-refractivity contribution is 0.0824. The molecule has 1 N–H and O–H groups in total. The van der Waals surface area contributed by atoms with Crippen LogP contribution < -0.4 is 5.32 Å². The summed E-state index contributed by atoms with van der Waals surface area (Å²) in [5.74, 6) is 0. The van der Waals surface area contributed by atoms with Gasteiger partial charge >= 0.3 is 0 Å². The molecular formula is C7H15NO. The molecule has 0 aliphatic heterocycles. The Labute approximate surface area is 56.9 Å². The van der Waals surface area contributed by atoms with Crippen LogP contribution in [-0.2, 0) is 4.74 Å². The first-order valence-corrected chi connectivity index (χ1v) is 3.23. The highest BCUT2D eigenvalue weighted by Gasteiger charge is 1.89. The fourth-order valence-electron chi connectivity index (χ4n) is 0.456. The molecule has 0 bridgehead atoms. The molecule has 0 aliphatic rings. The van der Waals surface area contributed by atoms with Gasteiger partial charge in [0.25, 0.3) is 0 Å². The van der Waals surface area contributed by atoms with E-state index in [2.05, 4.69) is 11.9 Å². The Morgan fingerprint density at radius 1 is 1.67 bits per heavy atom. The van der Waals surface area contributed by atoms with E-state index >= 15 is 0 Å². The fraction of sp³-hybridized carbons (Fsp3) is 0.714. The van der Waals surface area contributed by atoms with E-state index in [9.17, 15) is 0 Å². The molecule has 0 aromatic heterocycles. The minimum absolute atomic E-state index is 0.330. The molecule has 0 fully saturated rings. The monoisotopic (exact) mass is 129 g/mol. The van der Waals surface area contributed by atoms with Crippen LogP contribution in [0, 0.1) is 0 Å². The molecule has 0 aliphatic carbocycles. The Morgan fingerprint density at radius 3 is 2.78 bits per heavy atom. The van der Waals surface area contributed by atoms with Crippen molar-refractivity contribution in [2.45, 2.75) is 20.0 Å². The van der Waals surface area contributed by atoms with Gasteiger partial charge in [0.05, 0.1) is 12.7 Å². The molecule has 0 spiro atoms. The van der Waals surface area contributed by atoms with Crippen LogP contribution in [0.5, 0.6) is 0 Å². The third-order valence-electron chi connectivity index (χ3n) is 0.842. The second kappa shape index (κ2) is 5.63. The number of hydrogen-bond acceptors (Lipinski definition) is 2. The lowest BCUT2D eigenvalue weighted by Crippen LogP contribution is -2.15. The van der Waals surface area contributed by atoms with Crippen LogP contribution in [0.3, 0.4) is 0 Å². The summed E-state index contributed by atoms with van der Waals surface area (Å²) < 4.78 is 5.23. The average Bonchev–Trinajstić information content (AvgIpc) is 1.80. The summed E-state index contributed by atoms with van der Waals surface area (Å²) >= 11 is 0. The Bertz CT molecular complexity index is 71.3. The Kier molecular flexibility index (Phi) is 5.32. The zero-order valence-electron chi connectivity index (χ0n) is 6.18. The maximum absolute atomic E-state index is 5.23. The van der Waals surface area contributed by atoms with E-state index in [0.29, 0.717) is 6.10 Å². The van der Waals surface area contributed by atoms with Gasteiger partial charge in [0.1, 0.15) is 0 Å². The minimum Gasteiger partial charge on any atom is -0.389 e. The minimum atomic E-state index is 0.330. The van der Waals surface area contributed by atoms with Gasteiger partial charge in [-0.1, -0.05) is 6.58 Å². The average molecular weight is 129 g/mol. The van der Waals surface area contributed by atoms with Crippen molar-refractivity contribution in [3.8, 4) is 0 Å². The van der Waals surface area contributed by atoms with Crippen LogP contribution in [0.15, 0.2) is 12.8 Å². The third kappa shape index (κ3) is 7.50. The summed E-state index contributed by atoms with van der Waals surface area (Å²) in [7, 11) is 0. The van der Waals surface area contributed by atoms with Crippen LogP contribution >= 0.6 is 0 Å². The van der Waals surface area contributed by atoms with Gasteiger partial charge in [0, 0.05) is 6.54 Å². The van der Waals surface area contributed by atoms with Crippen LogP contribution in [0.25, 0.3) is 0 Å². The SMILES string of the molecule is C=CNCCOC(C)C. The number of ether oxygens (including phenoxy) is 1. The zero-order chi connectivity index (χ0) is 7.11. The van der Waals surface area contributed by atoms with Crippen molar-refractivity contribution in [2.24, 2.45) is 0 Å². The van der Waals surface area contributed by atoms with Crippen molar-refractivity contribution in [3.63, 3.8) is 0 Å². The summed E-state index contributed by atoms with van der Waals surface area (Å²) in [6, 6.07) is 0. The van der Waals surface area contributed by atoms with Crippen molar-refractivity contribution in [1.29, 1.82) is 0 Å². The highest BCUT2D eigenvalue weighted by atomic mass is 16.5. The van der Waals surface area contributed by atoms with Crippen molar-refractivity contribution in [3.05, 3.63) is 12.8 Å². The first kappa shape index (κ1) is 8.50. The molecule has 0 radical (unpaired) electrons. The molecule has 0 saturated carbocycles. The first-order chi connectivity index (χ1) is 4.27. The van der Waals surface area contributed by atoms with Gasteiger partial charge < -0.3 is 10.1 Å². The van der Waals surface area contributed by atoms with Gasteiger partial charge in [-0.05, 0) is 20.0 Å². The Morgan fingerprint density at radius 2 is 2.33 bits per heavy atom. The molecular weight excluding hydrogens is 114 g/mol. The maximum Gasteiger partial charge on any atom is 0.0642 e. The number of hydrogen-bond donors (Lipinski definition) is 1. The van der Waals surface area contributed by atoms with E-state index < -0.39 is 0 Å². The maximum atomic E-state index is 5.23. The molecule has 0 rings (SSSR count). The van der Waals surface area contributed by atoms with Gasteiger partial charge in [-0.15, -0.1) is 0 Å². The van der Waals surface area contributed by atoms with E-state index in [1.807, 2.05) is 13.8 Å².